The average molecular weight is 275 g/mol. The fourth-order valence-corrected chi connectivity index (χ4v) is 2.67. The van der Waals surface area contributed by atoms with Gasteiger partial charge in [-0.3, -0.25) is 9.59 Å². The van der Waals surface area contributed by atoms with Crippen LogP contribution < -0.4 is 11.5 Å². The number of likely N-dealkylation sites (tertiary alicyclic amines) is 1. The molecule has 4 N–H and O–H groups in total. The smallest absolute Gasteiger partial charge is 0.231 e. The fourth-order valence-electron chi connectivity index (χ4n) is 2.67. The van der Waals surface area contributed by atoms with Crippen molar-refractivity contribution in [2.75, 3.05) is 19.6 Å². The summed E-state index contributed by atoms with van der Waals surface area (Å²) < 4.78 is 0. The molecule has 0 spiro atoms. The van der Waals surface area contributed by atoms with E-state index in [2.05, 4.69) is 0 Å². The van der Waals surface area contributed by atoms with E-state index in [4.69, 9.17) is 11.5 Å². The van der Waals surface area contributed by atoms with Crippen molar-refractivity contribution in [3.8, 4) is 0 Å². The zero-order valence-electron chi connectivity index (χ0n) is 11.5. The summed E-state index contributed by atoms with van der Waals surface area (Å²) in [6, 6.07) is 9.58. The summed E-state index contributed by atoms with van der Waals surface area (Å²) in [4.78, 5) is 25.5. The van der Waals surface area contributed by atoms with Crippen LogP contribution in [-0.4, -0.2) is 36.3 Å². The van der Waals surface area contributed by atoms with Gasteiger partial charge >= 0.3 is 0 Å². The minimum absolute atomic E-state index is 0.0432. The monoisotopic (exact) mass is 275 g/mol. The number of hydrogen-bond donors (Lipinski definition) is 2. The quantitative estimate of drug-likeness (QED) is 0.836. The van der Waals surface area contributed by atoms with Crippen molar-refractivity contribution in [1.82, 2.24) is 4.90 Å². The van der Waals surface area contributed by atoms with E-state index >= 15 is 0 Å². The second-order valence-corrected chi connectivity index (χ2v) is 5.20. The summed E-state index contributed by atoms with van der Waals surface area (Å²) >= 11 is 0. The highest BCUT2D eigenvalue weighted by Crippen LogP contribution is 2.22. The van der Waals surface area contributed by atoms with Gasteiger partial charge < -0.3 is 16.4 Å². The summed E-state index contributed by atoms with van der Waals surface area (Å²) in [5.74, 6) is -0.634. The first-order valence-corrected chi connectivity index (χ1v) is 6.96. The number of carbonyl (C=O) groups excluding carboxylic acids is 2. The summed E-state index contributed by atoms with van der Waals surface area (Å²) in [5.41, 5.74) is 12.0. The normalized spacial score (nSPS) is 17.8. The van der Waals surface area contributed by atoms with Gasteiger partial charge in [0, 0.05) is 25.6 Å². The molecule has 1 heterocycles. The molecule has 0 radical (unpaired) electrons. The number of nitrogens with two attached hydrogens (primary N) is 2. The van der Waals surface area contributed by atoms with Crippen LogP contribution in [0.1, 0.15) is 24.3 Å². The molecule has 2 amide bonds. The summed E-state index contributed by atoms with van der Waals surface area (Å²) in [7, 11) is 0. The van der Waals surface area contributed by atoms with E-state index in [-0.39, 0.29) is 23.7 Å². The van der Waals surface area contributed by atoms with Gasteiger partial charge in [-0.1, -0.05) is 30.3 Å². The molecule has 1 unspecified atom stereocenters. The Morgan fingerprint density at radius 1 is 1.20 bits per heavy atom. The molecule has 2 rings (SSSR count). The maximum absolute atomic E-state index is 12.5. The van der Waals surface area contributed by atoms with Crippen molar-refractivity contribution in [3.05, 3.63) is 35.9 Å². The van der Waals surface area contributed by atoms with Crippen LogP contribution in [0.5, 0.6) is 0 Å². The van der Waals surface area contributed by atoms with Crippen LogP contribution in [0.25, 0.3) is 0 Å². The zero-order valence-corrected chi connectivity index (χ0v) is 11.5. The average Bonchev–Trinajstić information content (AvgIpc) is 2.49. The lowest BCUT2D eigenvalue weighted by molar-refractivity contribution is -0.136. The van der Waals surface area contributed by atoms with Gasteiger partial charge in [-0.2, -0.15) is 0 Å². The number of hydrogen-bond acceptors (Lipinski definition) is 3. The Morgan fingerprint density at radius 3 is 2.30 bits per heavy atom. The van der Waals surface area contributed by atoms with Crippen LogP contribution in [0.4, 0.5) is 0 Å². The Labute approximate surface area is 118 Å². The number of piperidine rings is 1. The standard InChI is InChI=1S/C15H21N3O2/c16-10-13(11-4-2-1-3-5-11)15(20)18-8-6-12(7-9-18)14(17)19/h1-5,12-13H,6-10,16H2,(H2,17,19). The topological polar surface area (TPSA) is 89.4 Å². The van der Waals surface area contributed by atoms with Crippen LogP contribution in [0.2, 0.25) is 0 Å². The van der Waals surface area contributed by atoms with E-state index in [9.17, 15) is 9.59 Å². The third kappa shape index (κ3) is 3.17. The van der Waals surface area contributed by atoms with Gasteiger partial charge in [-0.25, -0.2) is 0 Å². The number of benzene rings is 1. The Balaban J connectivity index is 2.02. The van der Waals surface area contributed by atoms with Gasteiger partial charge in [0.2, 0.25) is 11.8 Å². The lowest BCUT2D eigenvalue weighted by atomic mass is 9.93. The molecule has 0 aromatic heterocycles. The number of nitrogens with zero attached hydrogens (tertiary/aromatic N) is 1. The molecule has 1 fully saturated rings. The number of primary amides is 1. The highest BCUT2D eigenvalue weighted by molar-refractivity contribution is 5.84. The van der Waals surface area contributed by atoms with Gasteiger partial charge in [0.25, 0.3) is 0 Å². The van der Waals surface area contributed by atoms with Crippen molar-refractivity contribution >= 4 is 11.8 Å². The van der Waals surface area contributed by atoms with Crippen LogP contribution in [0.3, 0.4) is 0 Å². The third-order valence-electron chi connectivity index (χ3n) is 3.94. The molecule has 0 bridgehead atoms. The van der Waals surface area contributed by atoms with Crippen molar-refractivity contribution < 1.29 is 9.59 Å². The molecule has 1 aromatic carbocycles. The van der Waals surface area contributed by atoms with Crippen LogP contribution in [0, 0.1) is 5.92 Å². The molecule has 108 valence electrons. The maximum Gasteiger partial charge on any atom is 0.231 e. The van der Waals surface area contributed by atoms with Crippen molar-refractivity contribution in [2.24, 2.45) is 17.4 Å². The fraction of sp³-hybridized carbons (Fsp3) is 0.467. The SMILES string of the molecule is NCC(C(=O)N1CCC(C(N)=O)CC1)c1ccccc1. The predicted molar refractivity (Wildman–Crippen MR) is 76.7 cm³/mol. The second-order valence-electron chi connectivity index (χ2n) is 5.20. The minimum atomic E-state index is -0.304. The van der Waals surface area contributed by atoms with Crippen molar-refractivity contribution in [3.63, 3.8) is 0 Å². The van der Waals surface area contributed by atoms with Crippen molar-refractivity contribution in [1.29, 1.82) is 0 Å². The van der Waals surface area contributed by atoms with E-state index in [1.54, 1.807) is 4.90 Å². The van der Waals surface area contributed by atoms with Crippen LogP contribution in [-0.2, 0) is 9.59 Å². The number of carbonyl (C=O) groups is 2. The molecular formula is C15H21N3O2. The molecule has 0 saturated carbocycles. The van der Waals surface area contributed by atoms with Gasteiger partial charge in [0.1, 0.15) is 0 Å². The van der Waals surface area contributed by atoms with Crippen molar-refractivity contribution in [2.45, 2.75) is 18.8 Å². The summed E-state index contributed by atoms with van der Waals surface area (Å²) in [5, 5.41) is 0. The third-order valence-corrected chi connectivity index (χ3v) is 3.94. The Kier molecular flexibility index (Phi) is 4.74. The number of rotatable bonds is 4. The van der Waals surface area contributed by atoms with E-state index in [0.29, 0.717) is 32.5 Å². The van der Waals surface area contributed by atoms with E-state index < -0.39 is 0 Å². The number of amides is 2. The molecule has 1 aliphatic heterocycles. The van der Waals surface area contributed by atoms with E-state index in [0.717, 1.165) is 5.56 Å². The molecule has 0 aliphatic carbocycles. The van der Waals surface area contributed by atoms with E-state index in [1.165, 1.54) is 0 Å². The predicted octanol–water partition coefficient (Wildman–Crippen LogP) is 0.453. The lowest BCUT2D eigenvalue weighted by Crippen LogP contribution is -2.44. The molecular weight excluding hydrogens is 254 g/mol. The molecule has 1 atom stereocenters. The van der Waals surface area contributed by atoms with Gasteiger partial charge in [0.05, 0.1) is 5.92 Å². The van der Waals surface area contributed by atoms with Gasteiger partial charge in [-0.05, 0) is 18.4 Å². The molecule has 5 heteroatoms. The lowest BCUT2D eigenvalue weighted by Gasteiger charge is -2.33. The maximum atomic E-state index is 12.5. The second kappa shape index (κ2) is 6.52. The molecule has 1 saturated heterocycles. The first-order valence-electron chi connectivity index (χ1n) is 6.96. The summed E-state index contributed by atoms with van der Waals surface area (Å²) in [6.07, 6.45) is 1.29. The van der Waals surface area contributed by atoms with Gasteiger partial charge in [0.15, 0.2) is 0 Å². The first-order chi connectivity index (χ1) is 9.63. The minimum Gasteiger partial charge on any atom is -0.369 e. The zero-order chi connectivity index (χ0) is 14.5. The first kappa shape index (κ1) is 14.5. The Bertz CT molecular complexity index is 467. The van der Waals surface area contributed by atoms with Crippen LogP contribution >= 0.6 is 0 Å². The van der Waals surface area contributed by atoms with Crippen LogP contribution in [0.15, 0.2) is 30.3 Å². The highest BCUT2D eigenvalue weighted by atomic mass is 16.2. The highest BCUT2D eigenvalue weighted by Gasteiger charge is 2.29. The molecule has 1 aromatic rings. The molecule has 20 heavy (non-hydrogen) atoms. The Morgan fingerprint density at radius 2 is 1.80 bits per heavy atom. The van der Waals surface area contributed by atoms with Gasteiger partial charge in [-0.15, -0.1) is 0 Å². The summed E-state index contributed by atoms with van der Waals surface area (Å²) in [6.45, 7) is 1.45. The van der Waals surface area contributed by atoms with E-state index in [1.807, 2.05) is 30.3 Å². The largest absolute Gasteiger partial charge is 0.369 e. The molecule has 1 aliphatic rings. The molecule has 5 nitrogen and oxygen atoms in total. The Hall–Kier alpha value is -1.88.